The van der Waals surface area contributed by atoms with Crippen molar-refractivity contribution in [1.82, 2.24) is 15.2 Å². The first-order valence-corrected chi connectivity index (χ1v) is 6.25. The second-order valence-electron chi connectivity index (χ2n) is 4.16. The molecule has 0 radical (unpaired) electrons. The maximum atomic E-state index is 12.0. The third-order valence-corrected chi connectivity index (χ3v) is 3.49. The number of rotatable bonds is 2. The summed E-state index contributed by atoms with van der Waals surface area (Å²) in [6.07, 6.45) is 2.09. The van der Waals surface area contributed by atoms with Gasteiger partial charge in [-0.05, 0) is 28.4 Å². The SMILES string of the molecule is CN1CCC(NC(=O)c2cc(N)ncc2Br)C1=O. The molecule has 3 N–H and O–H groups in total. The van der Waals surface area contributed by atoms with Crippen LogP contribution in [0.25, 0.3) is 0 Å². The first-order valence-electron chi connectivity index (χ1n) is 5.46. The van der Waals surface area contributed by atoms with Gasteiger partial charge in [0, 0.05) is 24.3 Å². The minimum absolute atomic E-state index is 0.0681. The predicted octanol–water partition coefficient (Wildman–Crippen LogP) is 0.387. The van der Waals surface area contributed by atoms with Crippen LogP contribution in [0.2, 0.25) is 0 Å². The number of hydrogen-bond donors (Lipinski definition) is 2. The molecule has 2 rings (SSSR count). The van der Waals surface area contributed by atoms with Gasteiger partial charge in [0.1, 0.15) is 11.9 Å². The number of carbonyl (C=O) groups excluding carboxylic acids is 2. The number of carbonyl (C=O) groups is 2. The number of aromatic nitrogens is 1. The van der Waals surface area contributed by atoms with E-state index in [1.807, 2.05) is 0 Å². The summed E-state index contributed by atoms with van der Waals surface area (Å²) in [6, 6.07) is 1.02. The van der Waals surface area contributed by atoms with E-state index in [2.05, 4.69) is 26.2 Å². The smallest absolute Gasteiger partial charge is 0.253 e. The molecule has 1 aromatic heterocycles. The minimum atomic E-state index is -0.455. The Hall–Kier alpha value is -1.63. The molecule has 1 aromatic rings. The molecule has 0 aliphatic carbocycles. The van der Waals surface area contributed by atoms with E-state index in [0.717, 1.165) is 0 Å². The first kappa shape index (κ1) is 12.8. The van der Waals surface area contributed by atoms with Gasteiger partial charge in [-0.15, -0.1) is 0 Å². The Morgan fingerprint density at radius 3 is 3.00 bits per heavy atom. The van der Waals surface area contributed by atoms with Gasteiger partial charge in [0.2, 0.25) is 5.91 Å². The van der Waals surface area contributed by atoms with Crippen LogP contribution in [-0.2, 0) is 4.79 Å². The van der Waals surface area contributed by atoms with E-state index in [1.54, 1.807) is 11.9 Å². The highest BCUT2D eigenvalue weighted by Crippen LogP contribution is 2.18. The lowest BCUT2D eigenvalue weighted by Crippen LogP contribution is -2.40. The molecule has 0 bridgehead atoms. The van der Waals surface area contributed by atoms with Crippen molar-refractivity contribution in [2.24, 2.45) is 0 Å². The largest absolute Gasteiger partial charge is 0.384 e. The standard InChI is InChI=1S/C11H13BrN4O2/c1-16-3-2-8(11(16)18)15-10(17)6-4-9(13)14-5-7(6)12/h4-5,8H,2-3H2,1H3,(H2,13,14)(H,15,17). The number of likely N-dealkylation sites (tertiary alicyclic amines) is 1. The molecule has 1 atom stereocenters. The number of pyridine rings is 1. The molecule has 0 aromatic carbocycles. The van der Waals surface area contributed by atoms with Crippen molar-refractivity contribution in [3.63, 3.8) is 0 Å². The molecular weight excluding hydrogens is 300 g/mol. The van der Waals surface area contributed by atoms with Crippen molar-refractivity contribution < 1.29 is 9.59 Å². The number of nitrogens with one attached hydrogen (secondary N) is 1. The topological polar surface area (TPSA) is 88.3 Å². The molecule has 2 heterocycles. The summed E-state index contributed by atoms with van der Waals surface area (Å²) in [5.41, 5.74) is 5.92. The van der Waals surface area contributed by atoms with E-state index in [9.17, 15) is 9.59 Å². The lowest BCUT2D eigenvalue weighted by atomic mass is 10.2. The van der Waals surface area contributed by atoms with Crippen molar-refractivity contribution in [1.29, 1.82) is 0 Å². The van der Waals surface area contributed by atoms with E-state index in [-0.39, 0.29) is 17.6 Å². The quantitative estimate of drug-likeness (QED) is 0.826. The van der Waals surface area contributed by atoms with Crippen LogP contribution < -0.4 is 11.1 Å². The van der Waals surface area contributed by atoms with Crippen LogP contribution in [0.1, 0.15) is 16.8 Å². The van der Waals surface area contributed by atoms with Gasteiger partial charge in [0.25, 0.3) is 5.91 Å². The highest BCUT2D eigenvalue weighted by atomic mass is 79.9. The van der Waals surface area contributed by atoms with E-state index in [4.69, 9.17) is 5.73 Å². The molecule has 1 saturated heterocycles. The first-order chi connectivity index (χ1) is 8.49. The minimum Gasteiger partial charge on any atom is -0.384 e. The zero-order chi connectivity index (χ0) is 13.3. The fourth-order valence-corrected chi connectivity index (χ4v) is 2.22. The van der Waals surface area contributed by atoms with Gasteiger partial charge < -0.3 is 16.0 Å². The van der Waals surface area contributed by atoms with Crippen LogP contribution in [-0.4, -0.2) is 41.3 Å². The third kappa shape index (κ3) is 2.45. The molecule has 96 valence electrons. The third-order valence-electron chi connectivity index (χ3n) is 2.85. The van der Waals surface area contributed by atoms with Gasteiger partial charge in [-0.25, -0.2) is 4.98 Å². The highest BCUT2D eigenvalue weighted by Gasteiger charge is 2.30. The fourth-order valence-electron chi connectivity index (χ4n) is 1.82. The van der Waals surface area contributed by atoms with Gasteiger partial charge in [0.05, 0.1) is 5.56 Å². The number of nitrogens with zero attached hydrogens (tertiary/aromatic N) is 2. The van der Waals surface area contributed by atoms with Crippen molar-refractivity contribution >= 4 is 33.6 Å². The number of halogens is 1. The van der Waals surface area contributed by atoms with Crippen LogP contribution in [0.4, 0.5) is 5.82 Å². The Bertz CT molecular complexity index is 506. The van der Waals surface area contributed by atoms with E-state index in [0.29, 0.717) is 23.0 Å². The lowest BCUT2D eigenvalue weighted by molar-refractivity contribution is -0.128. The summed E-state index contributed by atoms with van der Waals surface area (Å²) in [5, 5.41) is 2.70. The average molecular weight is 313 g/mol. The van der Waals surface area contributed by atoms with E-state index in [1.165, 1.54) is 12.3 Å². The predicted molar refractivity (Wildman–Crippen MR) is 69.9 cm³/mol. The maximum absolute atomic E-state index is 12.0. The molecule has 2 amide bonds. The van der Waals surface area contributed by atoms with Gasteiger partial charge in [-0.3, -0.25) is 9.59 Å². The Kier molecular flexibility index (Phi) is 3.51. The summed E-state index contributed by atoms with van der Waals surface area (Å²) in [7, 11) is 1.72. The Morgan fingerprint density at radius 2 is 2.39 bits per heavy atom. The maximum Gasteiger partial charge on any atom is 0.253 e. The van der Waals surface area contributed by atoms with Gasteiger partial charge in [0.15, 0.2) is 0 Å². The Labute approximate surface area is 113 Å². The number of amides is 2. The van der Waals surface area contributed by atoms with Gasteiger partial charge >= 0.3 is 0 Å². The van der Waals surface area contributed by atoms with Crippen LogP contribution in [0.5, 0.6) is 0 Å². The molecule has 18 heavy (non-hydrogen) atoms. The van der Waals surface area contributed by atoms with Crippen LogP contribution in [0.3, 0.4) is 0 Å². The van der Waals surface area contributed by atoms with Crippen LogP contribution in [0, 0.1) is 0 Å². The summed E-state index contributed by atoms with van der Waals surface area (Å²) < 4.78 is 0.549. The van der Waals surface area contributed by atoms with Gasteiger partial charge in [-0.2, -0.15) is 0 Å². The Morgan fingerprint density at radius 1 is 1.67 bits per heavy atom. The number of hydrogen-bond acceptors (Lipinski definition) is 4. The molecule has 0 saturated carbocycles. The molecule has 1 unspecified atom stereocenters. The highest BCUT2D eigenvalue weighted by molar-refractivity contribution is 9.10. The van der Waals surface area contributed by atoms with Crippen LogP contribution in [0.15, 0.2) is 16.7 Å². The number of nitrogens with two attached hydrogens (primary N) is 1. The number of nitrogen functional groups attached to an aromatic ring is 1. The van der Waals surface area contributed by atoms with Crippen molar-refractivity contribution in [3.8, 4) is 0 Å². The summed E-state index contributed by atoms with van der Waals surface area (Å²) in [6.45, 7) is 0.656. The molecule has 6 nitrogen and oxygen atoms in total. The normalized spacial score (nSPS) is 19.1. The molecule has 1 aliphatic heterocycles. The van der Waals surface area contributed by atoms with Crippen molar-refractivity contribution in [2.75, 3.05) is 19.3 Å². The zero-order valence-corrected chi connectivity index (χ0v) is 11.4. The molecule has 1 aliphatic rings. The molecule has 1 fully saturated rings. The summed E-state index contributed by atoms with van der Waals surface area (Å²) >= 11 is 3.23. The molecular formula is C11H13BrN4O2. The second kappa shape index (κ2) is 4.93. The average Bonchev–Trinajstić information content (AvgIpc) is 2.64. The molecule has 7 heteroatoms. The van der Waals surface area contributed by atoms with Crippen LogP contribution >= 0.6 is 15.9 Å². The number of likely N-dealkylation sites (N-methyl/N-ethyl adjacent to an activating group) is 1. The number of anilines is 1. The summed E-state index contributed by atoms with van der Waals surface area (Å²) in [4.78, 5) is 29.2. The van der Waals surface area contributed by atoms with E-state index >= 15 is 0 Å². The van der Waals surface area contributed by atoms with E-state index < -0.39 is 6.04 Å². The fraction of sp³-hybridized carbons (Fsp3) is 0.364. The van der Waals surface area contributed by atoms with Gasteiger partial charge in [-0.1, -0.05) is 0 Å². The van der Waals surface area contributed by atoms with Crippen molar-refractivity contribution in [3.05, 3.63) is 22.3 Å². The Balaban J connectivity index is 2.13. The van der Waals surface area contributed by atoms with Crippen molar-refractivity contribution in [2.45, 2.75) is 12.5 Å². The zero-order valence-electron chi connectivity index (χ0n) is 9.81. The molecule has 0 spiro atoms. The lowest BCUT2D eigenvalue weighted by Gasteiger charge is -2.13. The summed E-state index contributed by atoms with van der Waals surface area (Å²) in [5.74, 6) is -0.135. The monoisotopic (exact) mass is 312 g/mol. The second-order valence-corrected chi connectivity index (χ2v) is 5.02.